The molecule has 0 atom stereocenters. The number of aromatic nitrogens is 3. The molecule has 1 aliphatic heterocycles. The summed E-state index contributed by atoms with van der Waals surface area (Å²) in [7, 11) is 0. The predicted octanol–water partition coefficient (Wildman–Crippen LogP) is 1.55. The second-order valence-electron chi connectivity index (χ2n) is 6.53. The molecule has 4 rings (SSSR count). The van der Waals surface area contributed by atoms with Crippen molar-refractivity contribution >= 4 is 16.8 Å². The summed E-state index contributed by atoms with van der Waals surface area (Å²) in [6.45, 7) is 2.69. The van der Waals surface area contributed by atoms with Crippen LogP contribution < -0.4 is 10.5 Å². The molecule has 0 radical (unpaired) electrons. The molecule has 0 spiro atoms. The average Bonchev–Trinajstić information content (AvgIpc) is 3.27. The SMILES string of the molecule is NC(=O)Cn1ccc2c(OC3CCN(Cc4ncno4)CC3)cccc21. The zero-order valence-electron chi connectivity index (χ0n) is 14.4. The fraction of sp³-hybridized carbons (Fsp3) is 0.389. The van der Waals surface area contributed by atoms with E-state index in [9.17, 15) is 4.79 Å². The number of carbonyl (C=O) groups excluding carboxylic acids is 1. The molecule has 0 unspecified atom stereocenters. The first-order valence-electron chi connectivity index (χ1n) is 8.70. The fourth-order valence-electron chi connectivity index (χ4n) is 3.43. The molecule has 1 aromatic carbocycles. The molecule has 3 aromatic rings. The molecule has 0 saturated carbocycles. The minimum absolute atomic E-state index is 0.166. The minimum atomic E-state index is -0.359. The van der Waals surface area contributed by atoms with Gasteiger partial charge in [0.25, 0.3) is 0 Å². The van der Waals surface area contributed by atoms with E-state index < -0.39 is 0 Å². The quantitative estimate of drug-likeness (QED) is 0.720. The lowest BCUT2D eigenvalue weighted by atomic mass is 10.1. The van der Waals surface area contributed by atoms with Crippen LogP contribution in [0.15, 0.2) is 41.3 Å². The maximum absolute atomic E-state index is 11.2. The predicted molar refractivity (Wildman–Crippen MR) is 94.4 cm³/mol. The fourth-order valence-corrected chi connectivity index (χ4v) is 3.43. The molecule has 1 aliphatic rings. The van der Waals surface area contributed by atoms with E-state index in [2.05, 4.69) is 15.0 Å². The van der Waals surface area contributed by atoms with Gasteiger partial charge >= 0.3 is 0 Å². The lowest BCUT2D eigenvalue weighted by molar-refractivity contribution is -0.118. The van der Waals surface area contributed by atoms with Crippen molar-refractivity contribution in [3.05, 3.63) is 42.7 Å². The summed E-state index contributed by atoms with van der Waals surface area (Å²) < 4.78 is 13.2. The number of hydrogen-bond acceptors (Lipinski definition) is 6. The number of fused-ring (bicyclic) bond motifs is 1. The average molecular weight is 355 g/mol. The standard InChI is InChI=1S/C18H21N5O3/c19-17(24)10-23-9-6-14-15(23)2-1-3-16(14)25-13-4-7-22(8-5-13)11-18-20-12-21-26-18/h1-3,6,9,12-13H,4-5,7-8,10-11H2,(H2,19,24). The van der Waals surface area contributed by atoms with Crippen molar-refractivity contribution in [1.82, 2.24) is 19.6 Å². The van der Waals surface area contributed by atoms with E-state index in [0.29, 0.717) is 12.4 Å². The summed E-state index contributed by atoms with van der Waals surface area (Å²) in [5, 5.41) is 4.64. The van der Waals surface area contributed by atoms with E-state index in [1.54, 1.807) is 0 Å². The molecular weight excluding hydrogens is 334 g/mol. The second kappa shape index (κ2) is 7.17. The van der Waals surface area contributed by atoms with E-state index in [1.165, 1.54) is 6.33 Å². The summed E-state index contributed by atoms with van der Waals surface area (Å²) in [4.78, 5) is 17.6. The summed E-state index contributed by atoms with van der Waals surface area (Å²) in [5.74, 6) is 1.13. The molecule has 0 aliphatic carbocycles. The molecule has 8 heteroatoms. The van der Waals surface area contributed by atoms with E-state index >= 15 is 0 Å². The Balaban J connectivity index is 1.40. The topological polar surface area (TPSA) is 99.4 Å². The van der Waals surface area contributed by atoms with Crippen LogP contribution in [0.4, 0.5) is 0 Å². The van der Waals surface area contributed by atoms with Gasteiger partial charge in [-0.1, -0.05) is 11.2 Å². The van der Waals surface area contributed by atoms with E-state index in [0.717, 1.165) is 42.6 Å². The summed E-state index contributed by atoms with van der Waals surface area (Å²) in [6.07, 6.45) is 5.34. The number of rotatable bonds is 6. The highest BCUT2D eigenvalue weighted by Crippen LogP contribution is 2.29. The Morgan fingerprint density at radius 3 is 2.88 bits per heavy atom. The second-order valence-corrected chi connectivity index (χ2v) is 6.53. The first-order chi connectivity index (χ1) is 12.7. The van der Waals surface area contributed by atoms with Gasteiger partial charge in [0, 0.05) is 24.7 Å². The lowest BCUT2D eigenvalue weighted by Gasteiger charge is -2.31. The van der Waals surface area contributed by atoms with Crippen LogP contribution in [0.25, 0.3) is 10.9 Å². The van der Waals surface area contributed by atoms with Crippen LogP contribution in [0.3, 0.4) is 0 Å². The molecule has 136 valence electrons. The number of hydrogen-bond donors (Lipinski definition) is 1. The van der Waals surface area contributed by atoms with Crippen molar-refractivity contribution < 1.29 is 14.1 Å². The zero-order chi connectivity index (χ0) is 17.9. The van der Waals surface area contributed by atoms with Crippen LogP contribution in [0.5, 0.6) is 5.75 Å². The molecular formula is C18H21N5O3. The van der Waals surface area contributed by atoms with Crippen molar-refractivity contribution in [2.75, 3.05) is 13.1 Å². The number of nitrogens with zero attached hydrogens (tertiary/aromatic N) is 4. The van der Waals surface area contributed by atoms with Crippen LogP contribution >= 0.6 is 0 Å². The minimum Gasteiger partial charge on any atom is -0.490 e. The maximum atomic E-state index is 11.2. The van der Waals surface area contributed by atoms with Crippen molar-refractivity contribution in [2.24, 2.45) is 5.73 Å². The largest absolute Gasteiger partial charge is 0.490 e. The van der Waals surface area contributed by atoms with Gasteiger partial charge in [-0.3, -0.25) is 9.69 Å². The van der Waals surface area contributed by atoms with E-state index in [1.807, 2.05) is 35.0 Å². The van der Waals surface area contributed by atoms with Gasteiger partial charge in [-0.05, 0) is 31.0 Å². The van der Waals surface area contributed by atoms with Crippen LogP contribution in [0.2, 0.25) is 0 Å². The maximum Gasteiger partial charge on any atom is 0.240 e. The number of ether oxygens (including phenoxy) is 1. The van der Waals surface area contributed by atoms with Crippen molar-refractivity contribution in [2.45, 2.75) is 32.0 Å². The van der Waals surface area contributed by atoms with Crippen LogP contribution in [0, 0.1) is 0 Å². The number of carbonyl (C=O) groups is 1. The number of piperidine rings is 1. The molecule has 26 heavy (non-hydrogen) atoms. The number of likely N-dealkylation sites (tertiary alicyclic amines) is 1. The van der Waals surface area contributed by atoms with Crippen molar-refractivity contribution in [1.29, 1.82) is 0 Å². The van der Waals surface area contributed by atoms with Crippen LogP contribution in [-0.2, 0) is 17.9 Å². The molecule has 2 aromatic heterocycles. The van der Waals surface area contributed by atoms with Gasteiger partial charge in [0.15, 0.2) is 6.33 Å². The normalized spacial score (nSPS) is 16.2. The number of nitrogens with two attached hydrogens (primary N) is 1. The number of primary amides is 1. The van der Waals surface area contributed by atoms with Crippen LogP contribution in [0.1, 0.15) is 18.7 Å². The van der Waals surface area contributed by atoms with Gasteiger partial charge in [-0.15, -0.1) is 0 Å². The molecule has 2 N–H and O–H groups in total. The Hall–Kier alpha value is -2.87. The first kappa shape index (κ1) is 16.6. The Bertz CT molecular complexity index is 882. The number of benzene rings is 1. The molecule has 1 saturated heterocycles. The molecule has 1 fully saturated rings. The molecule has 1 amide bonds. The third-order valence-corrected chi connectivity index (χ3v) is 4.69. The molecule has 0 bridgehead atoms. The monoisotopic (exact) mass is 355 g/mol. The summed E-state index contributed by atoms with van der Waals surface area (Å²) in [5.41, 5.74) is 6.27. The number of amides is 1. The van der Waals surface area contributed by atoms with Crippen molar-refractivity contribution in [3.63, 3.8) is 0 Å². The highest BCUT2D eigenvalue weighted by Gasteiger charge is 2.22. The smallest absolute Gasteiger partial charge is 0.240 e. The third-order valence-electron chi connectivity index (χ3n) is 4.69. The Morgan fingerprint density at radius 2 is 2.15 bits per heavy atom. The van der Waals surface area contributed by atoms with Gasteiger partial charge in [0.1, 0.15) is 18.4 Å². The van der Waals surface area contributed by atoms with Gasteiger partial charge < -0.3 is 19.6 Å². The zero-order valence-corrected chi connectivity index (χ0v) is 14.4. The van der Waals surface area contributed by atoms with Gasteiger partial charge in [0.2, 0.25) is 11.8 Å². The van der Waals surface area contributed by atoms with E-state index in [-0.39, 0.29) is 18.6 Å². The highest BCUT2D eigenvalue weighted by molar-refractivity contribution is 5.87. The lowest BCUT2D eigenvalue weighted by Crippen LogP contribution is -2.37. The Morgan fingerprint density at radius 1 is 1.31 bits per heavy atom. The first-order valence-corrected chi connectivity index (χ1v) is 8.70. The van der Waals surface area contributed by atoms with E-state index in [4.69, 9.17) is 15.0 Å². The molecule has 3 heterocycles. The summed E-state index contributed by atoms with van der Waals surface area (Å²) in [6, 6.07) is 7.86. The highest BCUT2D eigenvalue weighted by atomic mass is 16.5. The summed E-state index contributed by atoms with van der Waals surface area (Å²) >= 11 is 0. The Kier molecular flexibility index (Phi) is 4.57. The van der Waals surface area contributed by atoms with Gasteiger partial charge in [-0.2, -0.15) is 4.98 Å². The van der Waals surface area contributed by atoms with Crippen LogP contribution in [-0.4, -0.2) is 44.7 Å². The van der Waals surface area contributed by atoms with Gasteiger partial charge in [-0.25, -0.2) is 0 Å². The molecule has 8 nitrogen and oxygen atoms in total. The van der Waals surface area contributed by atoms with Crippen molar-refractivity contribution in [3.8, 4) is 5.75 Å². The third kappa shape index (κ3) is 3.55. The Labute approximate surface area is 150 Å². The van der Waals surface area contributed by atoms with Gasteiger partial charge in [0.05, 0.1) is 12.1 Å².